The highest BCUT2D eigenvalue weighted by Crippen LogP contribution is 2.20. The summed E-state index contributed by atoms with van der Waals surface area (Å²) in [4.78, 5) is 7.32. The molecule has 19 heavy (non-hydrogen) atoms. The van der Waals surface area contributed by atoms with Crippen molar-refractivity contribution in [3.05, 3.63) is 23.4 Å². The van der Waals surface area contributed by atoms with Gasteiger partial charge in [0, 0.05) is 31.1 Å². The molecule has 0 amide bonds. The summed E-state index contributed by atoms with van der Waals surface area (Å²) >= 11 is 2.06. The van der Waals surface area contributed by atoms with E-state index in [1.807, 2.05) is 7.05 Å². The van der Waals surface area contributed by atoms with Crippen LogP contribution in [0.15, 0.2) is 12.1 Å². The first kappa shape index (κ1) is 14.7. The number of hydrogen-bond acceptors (Lipinski definition) is 4. The number of aromatic nitrogens is 1. The lowest BCUT2D eigenvalue weighted by Gasteiger charge is -2.22. The number of pyridine rings is 1. The van der Waals surface area contributed by atoms with Gasteiger partial charge in [0.1, 0.15) is 5.82 Å². The van der Waals surface area contributed by atoms with Crippen LogP contribution in [0.2, 0.25) is 0 Å². The molecule has 1 aromatic heterocycles. The molecule has 2 heterocycles. The molecule has 0 aromatic carbocycles. The van der Waals surface area contributed by atoms with Gasteiger partial charge in [-0.2, -0.15) is 11.8 Å². The van der Waals surface area contributed by atoms with E-state index in [9.17, 15) is 0 Å². The van der Waals surface area contributed by atoms with Gasteiger partial charge in [-0.25, -0.2) is 4.98 Å². The van der Waals surface area contributed by atoms with E-state index < -0.39 is 0 Å². The van der Waals surface area contributed by atoms with E-state index in [0.717, 1.165) is 32.5 Å². The minimum Gasteiger partial charge on any atom is -0.356 e. The normalized spacial score (nSPS) is 16.4. The number of thioether (sulfide) groups is 1. The van der Waals surface area contributed by atoms with Gasteiger partial charge in [0.05, 0.1) is 0 Å². The molecular weight excluding hydrogens is 254 g/mol. The lowest BCUT2D eigenvalue weighted by atomic mass is 10.1. The van der Waals surface area contributed by atoms with Crippen LogP contribution in [0, 0.1) is 0 Å². The maximum Gasteiger partial charge on any atom is 0.129 e. The Bertz CT molecular complexity index is 363. The summed E-state index contributed by atoms with van der Waals surface area (Å²) in [7, 11) is 2.00. The maximum absolute atomic E-state index is 4.86. The van der Waals surface area contributed by atoms with E-state index in [2.05, 4.69) is 41.0 Å². The first-order valence-electron chi connectivity index (χ1n) is 7.30. The van der Waals surface area contributed by atoms with Crippen LogP contribution in [0.5, 0.6) is 0 Å². The zero-order valence-electron chi connectivity index (χ0n) is 12.1. The van der Waals surface area contributed by atoms with Gasteiger partial charge in [0.15, 0.2) is 0 Å². The number of nitrogens with zero attached hydrogens (tertiary/aromatic N) is 2. The Labute approximate surface area is 121 Å². The molecule has 1 saturated heterocycles. The van der Waals surface area contributed by atoms with Crippen molar-refractivity contribution in [2.75, 3.05) is 36.5 Å². The van der Waals surface area contributed by atoms with Crippen LogP contribution in [0.25, 0.3) is 0 Å². The van der Waals surface area contributed by atoms with Gasteiger partial charge in [0.2, 0.25) is 0 Å². The lowest BCUT2D eigenvalue weighted by molar-refractivity contribution is 0.774. The van der Waals surface area contributed by atoms with Crippen molar-refractivity contribution in [2.45, 2.75) is 32.7 Å². The van der Waals surface area contributed by atoms with Crippen LogP contribution in [0.1, 0.15) is 31.0 Å². The van der Waals surface area contributed by atoms with Crippen molar-refractivity contribution >= 4 is 17.6 Å². The molecule has 3 nitrogen and oxygen atoms in total. The third-order valence-corrected chi connectivity index (χ3v) is 4.41. The topological polar surface area (TPSA) is 28.2 Å². The zero-order chi connectivity index (χ0) is 13.5. The second kappa shape index (κ2) is 7.75. The fourth-order valence-corrected chi connectivity index (χ4v) is 3.35. The predicted molar refractivity (Wildman–Crippen MR) is 85.2 cm³/mol. The highest BCUT2D eigenvalue weighted by atomic mass is 32.2. The Morgan fingerprint density at radius 3 is 3.00 bits per heavy atom. The third-order valence-electron chi connectivity index (χ3n) is 3.36. The summed E-state index contributed by atoms with van der Waals surface area (Å²) in [6.07, 6.45) is 3.50. The van der Waals surface area contributed by atoms with E-state index in [1.165, 1.54) is 35.0 Å². The highest BCUT2D eigenvalue weighted by molar-refractivity contribution is 7.99. The second-order valence-electron chi connectivity index (χ2n) is 5.06. The number of hydrogen-bond donors (Lipinski definition) is 1. The smallest absolute Gasteiger partial charge is 0.129 e. The average Bonchev–Trinajstić information content (AvgIpc) is 2.68. The molecule has 1 fully saturated rings. The molecule has 0 saturated carbocycles. The predicted octanol–water partition coefficient (Wildman–Crippen LogP) is 2.70. The molecule has 2 rings (SSSR count). The minimum absolute atomic E-state index is 0.925. The van der Waals surface area contributed by atoms with E-state index >= 15 is 0 Å². The van der Waals surface area contributed by atoms with Crippen molar-refractivity contribution in [2.24, 2.45) is 0 Å². The molecular formula is C15H25N3S. The van der Waals surface area contributed by atoms with Crippen molar-refractivity contribution in [1.29, 1.82) is 0 Å². The monoisotopic (exact) mass is 279 g/mol. The summed E-state index contributed by atoms with van der Waals surface area (Å²) in [6.45, 7) is 5.42. The Morgan fingerprint density at radius 1 is 1.32 bits per heavy atom. The van der Waals surface area contributed by atoms with Gasteiger partial charge in [-0.3, -0.25) is 0 Å². The standard InChI is InChI=1S/C15H25N3S/c1-3-5-14-10-13(12-16-2)11-15(17-14)18-6-4-8-19-9-7-18/h10-11,16H,3-9,12H2,1-2H3. The van der Waals surface area contributed by atoms with Gasteiger partial charge >= 0.3 is 0 Å². The third kappa shape index (κ3) is 4.39. The summed E-state index contributed by atoms with van der Waals surface area (Å²) in [5.74, 6) is 3.69. The molecule has 1 N–H and O–H groups in total. The van der Waals surface area contributed by atoms with Crippen LogP contribution in [-0.2, 0) is 13.0 Å². The summed E-state index contributed by atoms with van der Waals surface area (Å²) in [5, 5.41) is 3.25. The molecule has 0 unspecified atom stereocenters. The molecule has 1 aromatic rings. The first-order chi connectivity index (χ1) is 9.33. The fourth-order valence-electron chi connectivity index (χ4n) is 2.46. The summed E-state index contributed by atoms with van der Waals surface area (Å²) < 4.78 is 0. The largest absolute Gasteiger partial charge is 0.356 e. The summed E-state index contributed by atoms with van der Waals surface area (Å²) in [5.41, 5.74) is 2.59. The van der Waals surface area contributed by atoms with Crippen LogP contribution < -0.4 is 10.2 Å². The van der Waals surface area contributed by atoms with E-state index in [0.29, 0.717) is 0 Å². The number of rotatable bonds is 5. The van der Waals surface area contributed by atoms with Gasteiger partial charge in [-0.1, -0.05) is 13.3 Å². The van der Waals surface area contributed by atoms with E-state index in [4.69, 9.17) is 4.98 Å². The Hall–Kier alpha value is -0.740. The van der Waals surface area contributed by atoms with Crippen molar-refractivity contribution < 1.29 is 0 Å². The molecule has 106 valence electrons. The number of aryl methyl sites for hydroxylation is 1. The Morgan fingerprint density at radius 2 is 2.21 bits per heavy atom. The SMILES string of the molecule is CCCc1cc(CNC)cc(N2CCCSCC2)n1. The molecule has 1 aliphatic heterocycles. The zero-order valence-corrected chi connectivity index (χ0v) is 12.9. The van der Waals surface area contributed by atoms with Crippen LogP contribution in [-0.4, -0.2) is 36.6 Å². The molecule has 0 spiro atoms. The quantitative estimate of drug-likeness (QED) is 0.897. The Kier molecular flexibility index (Phi) is 5.98. The number of anilines is 1. The van der Waals surface area contributed by atoms with Gasteiger partial charge in [-0.05, 0) is 43.3 Å². The number of nitrogens with one attached hydrogen (secondary N) is 1. The van der Waals surface area contributed by atoms with Gasteiger partial charge in [0.25, 0.3) is 0 Å². The van der Waals surface area contributed by atoms with Gasteiger partial charge < -0.3 is 10.2 Å². The highest BCUT2D eigenvalue weighted by Gasteiger charge is 2.13. The fraction of sp³-hybridized carbons (Fsp3) is 0.667. The molecule has 1 aliphatic rings. The van der Waals surface area contributed by atoms with Crippen LogP contribution in [0.3, 0.4) is 0 Å². The maximum atomic E-state index is 4.86. The average molecular weight is 279 g/mol. The molecule has 0 radical (unpaired) electrons. The minimum atomic E-state index is 0.925. The second-order valence-corrected chi connectivity index (χ2v) is 6.28. The van der Waals surface area contributed by atoms with Crippen LogP contribution >= 0.6 is 11.8 Å². The van der Waals surface area contributed by atoms with Crippen LogP contribution in [0.4, 0.5) is 5.82 Å². The van der Waals surface area contributed by atoms with E-state index in [-0.39, 0.29) is 0 Å². The molecule has 0 aliphatic carbocycles. The van der Waals surface area contributed by atoms with Crippen molar-refractivity contribution in [1.82, 2.24) is 10.3 Å². The van der Waals surface area contributed by atoms with Gasteiger partial charge in [-0.15, -0.1) is 0 Å². The van der Waals surface area contributed by atoms with Crippen molar-refractivity contribution in [3.8, 4) is 0 Å². The molecule has 4 heteroatoms. The van der Waals surface area contributed by atoms with Crippen molar-refractivity contribution in [3.63, 3.8) is 0 Å². The molecule has 0 atom stereocenters. The lowest BCUT2D eigenvalue weighted by Crippen LogP contribution is -2.27. The first-order valence-corrected chi connectivity index (χ1v) is 8.46. The summed E-state index contributed by atoms with van der Waals surface area (Å²) in [6, 6.07) is 4.50. The Balaban J connectivity index is 2.20. The van der Waals surface area contributed by atoms with E-state index in [1.54, 1.807) is 0 Å². The molecule has 0 bridgehead atoms.